The second-order valence-corrected chi connectivity index (χ2v) is 5.33. The summed E-state index contributed by atoms with van der Waals surface area (Å²) in [5, 5.41) is 0. The predicted octanol–water partition coefficient (Wildman–Crippen LogP) is 3.25. The highest BCUT2D eigenvalue weighted by molar-refractivity contribution is 5.36. The van der Waals surface area contributed by atoms with Gasteiger partial charge in [-0.2, -0.15) is 0 Å². The van der Waals surface area contributed by atoms with Crippen molar-refractivity contribution >= 4 is 0 Å². The van der Waals surface area contributed by atoms with Crippen LogP contribution in [0.4, 0.5) is 4.39 Å². The average molecular weight is 258 g/mol. The fraction of sp³-hybridized carbons (Fsp3) is 0.312. The fourth-order valence-corrected chi connectivity index (χ4v) is 2.30. The van der Waals surface area contributed by atoms with Gasteiger partial charge < -0.3 is 5.73 Å². The van der Waals surface area contributed by atoms with Gasteiger partial charge in [0, 0.05) is 0 Å². The monoisotopic (exact) mass is 258 g/mol. The molecule has 0 amide bonds. The standard InChI is InChI=1S/C16H19FN2/c1-11-5-4-6-12(2)14(11)9-16(3,18)15-8-7-13(17)10-19-15/h4-8,10H,9,18H2,1-3H3. The zero-order chi connectivity index (χ0) is 14.0. The summed E-state index contributed by atoms with van der Waals surface area (Å²) in [6.45, 7) is 6.09. The molecule has 1 aromatic heterocycles. The van der Waals surface area contributed by atoms with Crippen LogP contribution < -0.4 is 5.73 Å². The van der Waals surface area contributed by atoms with E-state index in [0.717, 1.165) is 0 Å². The maximum atomic E-state index is 12.9. The van der Waals surface area contributed by atoms with Gasteiger partial charge in [0.25, 0.3) is 0 Å². The maximum absolute atomic E-state index is 12.9. The lowest BCUT2D eigenvalue weighted by Crippen LogP contribution is -2.37. The number of nitrogens with zero attached hydrogens (tertiary/aromatic N) is 1. The van der Waals surface area contributed by atoms with Gasteiger partial charge >= 0.3 is 0 Å². The molecule has 0 fully saturated rings. The summed E-state index contributed by atoms with van der Waals surface area (Å²) in [7, 11) is 0. The summed E-state index contributed by atoms with van der Waals surface area (Å²) in [6.07, 6.45) is 1.90. The van der Waals surface area contributed by atoms with E-state index in [2.05, 4.69) is 31.0 Å². The zero-order valence-corrected chi connectivity index (χ0v) is 11.6. The summed E-state index contributed by atoms with van der Waals surface area (Å²) >= 11 is 0. The summed E-state index contributed by atoms with van der Waals surface area (Å²) < 4.78 is 12.9. The third-order valence-corrected chi connectivity index (χ3v) is 3.50. The van der Waals surface area contributed by atoms with Gasteiger partial charge in [-0.1, -0.05) is 18.2 Å². The van der Waals surface area contributed by atoms with Crippen molar-refractivity contribution in [2.75, 3.05) is 0 Å². The number of aryl methyl sites for hydroxylation is 2. The van der Waals surface area contributed by atoms with Gasteiger partial charge in [-0.05, 0) is 56.0 Å². The van der Waals surface area contributed by atoms with Crippen LogP contribution in [0.5, 0.6) is 0 Å². The van der Waals surface area contributed by atoms with E-state index in [1.807, 2.05) is 13.0 Å². The van der Waals surface area contributed by atoms with Crippen LogP contribution >= 0.6 is 0 Å². The van der Waals surface area contributed by atoms with Crippen molar-refractivity contribution < 1.29 is 4.39 Å². The van der Waals surface area contributed by atoms with Crippen LogP contribution in [-0.2, 0) is 12.0 Å². The van der Waals surface area contributed by atoms with E-state index in [4.69, 9.17) is 5.73 Å². The van der Waals surface area contributed by atoms with Crippen LogP contribution in [-0.4, -0.2) is 4.98 Å². The first kappa shape index (κ1) is 13.7. The Bertz CT molecular complexity index is 554. The van der Waals surface area contributed by atoms with Gasteiger partial charge in [-0.3, -0.25) is 4.98 Å². The predicted molar refractivity (Wildman–Crippen MR) is 75.4 cm³/mol. The minimum absolute atomic E-state index is 0.341. The van der Waals surface area contributed by atoms with Crippen molar-refractivity contribution in [1.29, 1.82) is 0 Å². The highest BCUT2D eigenvalue weighted by Gasteiger charge is 2.24. The second kappa shape index (κ2) is 5.10. The van der Waals surface area contributed by atoms with Crippen LogP contribution in [0.15, 0.2) is 36.5 Å². The zero-order valence-electron chi connectivity index (χ0n) is 11.6. The Kier molecular flexibility index (Phi) is 3.67. The molecule has 0 aliphatic heterocycles. The Morgan fingerprint density at radius 1 is 1.16 bits per heavy atom. The van der Waals surface area contributed by atoms with E-state index in [9.17, 15) is 4.39 Å². The minimum Gasteiger partial charge on any atom is -0.320 e. The van der Waals surface area contributed by atoms with Gasteiger partial charge in [0.1, 0.15) is 5.82 Å². The highest BCUT2D eigenvalue weighted by Crippen LogP contribution is 2.25. The summed E-state index contributed by atoms with van der Waals surface area (Å²) in [5.74, 6) is -0.341. The van der Waals surface area contributed by atoms with Crippen molar-refractivity contribution in [2.45, 2.75) is 32.7 Å². The van der Waals surface area contributed by atoms with Crippen molar-refractivity contribution in [2.24, 2.45) is 5.73 Å². The number of hydrogen-bond acceptors (Lipinski definition) is 2. The van der Waals surface area contributed by atoms with Crippen LogP contribution in [0.3, 0.4) is 0 Å². The molecule has 0 spiro atoms. The van der Waals surface area contributed by atoms with Crippen molar-refractivity contribution in [3.8, 4) is 0 Å². The molecule has 0 radical (unpaired) electrons. The van der Waals surface area contributed by atoms with Gasteiger partial charge in [0.2, 0.25) is 0 Å². The number of pyridine rings is 1. The number of aromatic nitrogens is 1. The lowest BCUT2D eigenvalue weighted by molar-refractivity contribution is 0.470. The van der Waals surface area contributed by atoms with Gasteiger partial charge in [-0.15, -0.1) is 0 Å². The molecule has 19 heavy (non-hydrogen) atoms. The Labute approximate surface area is 113 Å². The third-order valence-electron chi connectivity index (χ3n) is 3.50. The van der Waals surface area contributed by atoms with Crippen LogP contribution in [0.2, 0.25) is 0 Å². The van der Waals surface area contributed by atoms with E-state index in [0.29, 0.717) is 12.1 Å². The van der Waals surface area contributed by atoms with E-state index in [1.165, 1.54) is 29.0 Å². The molecule has 1 atom stereocenters. The SMILES string of the molecule is Cc1cccc(C)c1CC(C)(N)c1ccc(F)cn1. The van der Waals surface area contributed by atoms with Crippen molar-refractivity contribution in [1.82, 2.24) is 4.98 Å². The van der Waals surface area contributed by atoms with E-state index >= 15 is 0 Å². The first-order valence-corrected chi connectivity index (χ1v) is 6.36. The number of nitrogens with two attached hydrogens (primary N) is 1. The fourth-order valence-electron chi connectivity index (χ4n) is 2.30. The summed E-state index contributed by atoms with van der Waals surface area (Å²) in [6, 6.07) is 9.26. The summed E-state index contributed by atoms with van der Waals surface area (Å²) in [4.78, 5) is 4.11. The minimum atomic E-state index is -0.607. The molecule has 0 saturated carbocycles. The molecule has 0 aliphatic carbocycles. The molecule has 2 N–H and O–H groups in total. The molecular weight excluding hydrogens is 239 g/mol. The lowest BCUT2D eigenvalue weighted by Gasteiger charge is -2.26. The highest BCUT2D eigenvalue weighted by atomic mass is 19.1. The topological polar surface area (TPSA) is 38.9 Å². The third kappa shape index (κ3) is 2.99. The Morgan fingerprint density at radius 3 is 2.32 bits per heavy atom. The van der Waals surface area contributed by atoms with Crippen LogP contribution in [0.1, 0.15) is 29.3 Å². The first-order valence-electron chi connectivity index (χ1n) is 6.36. The van der Waals surface area contributed by atoms with E-state index in [1.54, 1.807) is 6.07 Å². The number of benzene rings is 1. The summed E-state index contributed by atoms with van der Waals surface area (Å²) in [5.41, 5.74) is 10.1. The normalized spacial score (nSPS) is 14.2. The quantitative estimate of drug-likeness (QED) is 0.917. The lowest BCUT2D eigenvalue weighted by atomic mass is 9.86. The van der Waals surface area contributed by atoms with E-state index < -0.39 is 5.54 Å². The molecule has 2 aromatic rings. The van der Waals surface area contributed by atoms with Gasteiger partial charge in [0.15, 0.2) is 0 Å². The first-order chi connectivity index (χ1) is 8.90. The molecule has 3 heteroatoms. The molecule has 0 bridgehead atoms. The molecule has 0 saturated heterocycles. The van der Waals surface area contributed by atoms with Crippen molar-refractivity contribution in [3.63, 3.8) is 0 Å². The van der Waals surface area contributed by atoms with Crippen molar-refractivity contribution in [3.05, 3.63) is 64.7 Å². The molecule has 1 aromatic carbocycles. The van der Waals surface area contributed by atoms with Gasteiger partial charge in [0.05, 0.1) is 17.4 Å². The number of rotatable bonds is 3. The molecule has 1 unspecified atom stereocenters. The second-order valence-electron chi connectivity index (χ2n) is 5.33. The molecule has 0 aliphatic rings. The average Bonchev–Trinajstić information content (AvgIpc) is 2.35. The smallest absolute Gasteiger partial charge is 0.141 e. The van der Waals surface area contributed by atoms with Crippen LogP contribution in [0.25, 0.3) is 0 Å². The Hall–Kier alpha value is -1.74. The Balaban J connectivity index is 2.33. The molecule has 100 valence electrons. The molecule has 2 rings (SSSR count). The van der Waals surface area contributed by atoms with Gasteiger partial charge in [-0.25, -0.2) is 4.39 Å². The molecule has 1 heterocycles. The van der Waals surface area contributed by atoms with E-state index in [-0.39, 0.29) is 5.82 Å². The van der Waals surface area contributed by atoms with Crippen LogP contribution in [0, 0.1) is 19.7 Å². The Morgan fingerprint density at radius 2 is 1.79 bits per heavy atom. The maximum Gasteiger partial charge on any atom is 0.141 e. The molecular formula is C16H19FN2. The number of halogens is 1. The number of hydrogen-bond donors (Lipinski definition) is 1. The molecule has 2 nitrogen and oxygen atoms in total. The largest absolute Gasteiger partial charge is 0.320 e.